The van der Waals surface area contributed by atoms with E-state index in [2.05, 4.69) is 0 Å². The van der Waals surface area contributed by atoms with Crippen molar-refractivity contribution in [2.45, 2.75) is 6.04 Å². The fourth-order valence-electron chi connectivity index (χ4n) is 4.48. The molecule has 2 aromatic heterocycles. The standard InChI is InChI=1S/C27H16ClNO4S/c28-17-10-11-20-16(13-17)14-21(33-20)25(30)23-24(22-9-4-12-34-22)29(27(32)26(23)31)19-8-3-6-15-5-1-2-7-18(15)19/h1-14,24,31H. The van der Waals surface area contributed by atoms with Crippen molar-refractivity contribution in [3.63, 3.8) is 0 Å². The molecule has 0 spiro atoms. The number of furan rings is 1. The lowest BCUT2D eigenvalue weighted by atomic mass is 9.99. The van der Waals surface area contributed by atoms with E-state index in [-0.39, 0.29) is 11.3 Å². The lowest BCUT2D eigenvalue weighted by Crippen LogP contribution is -2.30. The normalized spacial score (nSPS) is 16.2. The Labute approximate surface area is 203 Å². The van der Waals surface area contributed by atoms with Gasteiger partial charge in [-0.05, 0) is 47.2 Å². The van der Waals surface area contributed by atoms with Crippen molar-refractivity contribution in [2.75, 3.05) is 4.90 Å². The number of anilines is 1. The third kappa shape index (κ3) is 3.15. The molecule has 3 heterocycles. The summed E-state index contributed by atoms with van der Waals surface area (Å²) in [4.78, 5) is 29.4. The zero-order valence-electron chi connectivity index (χ0n) is 17.6. The molecule has 6 rings (SSSR count). The molecule has 0 fully saturated rings. The van der Waals surface area contributed by atoms with E-state index in [1.165, 1.54) is 16.2 Å². The maximum absolute atomic E-state index is 13.7. The maximum Gasteiger partial charge on any atom is 0.294 e. The number of aliphatic hydroxyl groups is 1. The molecule has 1 aliphatic heterocycles. The van der Waals surface area contributed by atoms with Crippen LogP contribution in [0.1, 0.15) is 21.5 Å². The number of fused-ring (bicyclic) bond motifs is 2. The molecule has 1 aliphatic rings. The Kier molecular flexibility index (Phi) is 4.79. The van der Waals surface area contributed by atoms with E-state index in [9.17, 15) is 14.7 Å². The van der Waals surface area contributed by atoms with Gasteiger partial charge >= 0.3 is 0 Å². The molecule has 0 aliphatic carbocycles. The Hall–Kier alpha value is -3.87. The number of Topliss-reactive ketones (excluding diaryl/α,β-unsaturated/α-hetero) is 1. The second-order valence-electron chi connectivity index (χ2n) is 7.98. The largest absolute Gasteiger partial charge is 0.503 e. The molecule has 0 saturated carbocycles. The first-order chi connectivity index (χ1) is 16.5. The molecular weight excluding hydrogens is 470 g/mol. The predicted molar refractivity (Wildman–Crippen MR) is 134 cm³/mol. The van der Waals surface area contributed by atoms with Gasteiger partial charge < -0.3 is 9.52 Å². The van der Waals surface area contributed by atoms with Gasteiger partial charge in [0.1, 0.15) is 11.6 Å². The summed E-state index contributed by atoms with van der Waals surface area (Å²) in [6, 6.07) is 22.9. The molecule has 5 nitrogen and oxygen atoms in total. The zero-order valence-corrected chi connectivity index (χ0v) is 19.1. The summed E-state index contributed by atoms with van der Waals surface area (Å²) in [6.07, 6.45) is 0. The molecule has 34 heavy (non-hydrogen) atoms. The number of hydrogen-bond donors (Lipinski definition) is 1. The number of thiophene rings is 1. The number of carbonyl (C=O) groups is 2. The highest BCUT2D eigenvalue weighted by molar-refractivity contribution is 7.10. The summed E-state index contributed by atoms with van der Waals surface area (Å²) in [5.74, 6) is -1.71. The molecular formula is C27H16ClNO4S. The van der Waals surface area contributed by atoms with Gasteiger partial charge in [0.2, 0.25) is 5.78 Å². The Morgan fingerprint density at radius 3 is 2.62 bits per heavy atom. The fraction of sp³-hybridized carbons (Fsp3) is 0.0370. The Bertz CT molecular complexity index is 1630. The molecule has 3 aromatic carbocycles. The second-order valence-corrected chi connectivity index (χ2v) is 9.39. The van der Waals surface area contributed by atoms with E-state index >= 15 is 0 Å². The molecule has 0 bridgehead atoms. The van der Waals surface area contributed by atoms with Gasteiger partial charge in [-0.1, -0.05) is 54.1 Å². The van der Waals surface area contributed by atoms with Crippen LogP contribution in [0.2, 0.25) is 5.02 Å². The Morgan fingerprint density at radius 2 is 1.79 bits per heavy atom. The summed E-state index contributed by atoms with van der Waals surface area (Å²) in [6.45, 7) is 0. The third-order valence-corrected chi connectivity index (χ3v) is 7.15. The van der Waals surface area contributed by atoms with E-state index in [4.69, 9.17) is 16.0 Å². The average molecular weight is 486 g/mol. The van der Waals surface area contributed by atoms with Crippen LogP contribution >= 0.6 is 22.9 Å². The number of nitrogens with zero attached hydrogens (tertiary/aromatic N) is 1. The number of hydrogen-bond acceptors (Lipinski definition) is 5. The van der Waals surface area contributed by atoms with Gasteiger partial charge in [0.25, 0.3) is 5.91 Å². The topological polar surface area (TPSA) is 70.8 Å². The van der Waals surface area contributed by atoms with E-state index in [0.717, 1.165) is 15.6 Å². The number of rotatable bonds is 4. The lowest BCUT2D eigenvalue weighted by molar-refractivity contribution is -0.117. The molecule has 1 amide bonds. The van der Waals surface area contributed by atoms with Gasteiger partial charge in [0.05, 0.1) is 11.3 Å². The van der Waals surface area contributed by atoms with Crippen LogP contribution in [-0.2, 0) is 4.79 Å². The van der Waals surface area contributed by atoms with Gasteiger partial charge in [0, 0.05) is 20.7 Å². The molecule has 5 aromatic rings. The van der Waals surface area contributed by atoms with Crippen LogP contribution in [0.15, 0.2) is 100.0 Å². The average Bonchev–Trinajstić information content (AvgIpc) is 3.57. The number of ketones is 1. The summed E-state index contributed by atoms with van der Waals surface area (Å²) < 4.78 is 5.78. The molecule has 0 saturated heterocycles. The van der Waals surface area contributed by atoms with Crippen LogP contribution in [0, 0.1) is 0 Å². The van der Waals surface area contributed by atoms with Crippen LogP contribution in [0.25, 0.3) is 21.7 Å². The minimum absolute atomic E-state index is 0.00876. The van der Waals surface area contributed by atoms with Crippen LogP contribution in [0.4, 0.5) is 5.69 Å². The van der Waals surface area contributed by atoms with Crippen LogP contribution < -0.4 is 4.90 Å². The monoisotopic (exact) mass is 485 g/mol. The lowest BCUT2D eigenvalue weighted by Gasteiger charge is -2.26. The van der Waals surface area contributed by atoms with E-state index in [1.807, 2.05) is 60.0 Å². The number of halogens is 1. The predicted octanol–water partition coefficient (Wildman–Crippen LogP) is 7.08. The van der Waals surface area contributed by atoms with E-state index in [0.29, 0.717) is 21.7 Å². The summed E-state index contributed by atoms with van der Waals surface area (Å²) >= 11 is 7.49. The van der Waals surface area contributed by atoms with Gasteiger partial charge in [-0.2, -0.15) is 0 Å². The van der Waals surface area contributed by atoms with E-state index in [1.54, 1.807) is 24.3 Å². The summed E-state index contributed by atoms with van der Waals surface area (Å²) in [5.41, 5.74) is 1.11. The van der Waals surface area contributed by atoms with Gasteiger partial charge in [-0.25, -0.2) is 0 Å². The minimum atomic E-state index is -0.789. The van der Waals surface area contributed by atoms with Crippen LogP contribution in [0.3, 0.4) is 0 Å². The van der Waals surface area contributed by atoms with Crippen molar-refractivity contribution in [3.8, 4) is 0 Å². The molecule has 1 atom stereocenters. The first-order valence-electron chi connectivity index (χ1n) is 10.5. The third-order valence-electron chi connectivity index (χ3n) is 5.99. The van der Waals surface area contributed by atoms with Crippen molar-refractivity contribution in [1.82, 2.24) is 0 Å². The molecule has 1 unspecified atom stereocenters. The van der Waals surface area contributed by atoms with Gasteiger partial charge in [0.15, 0.2) is 11.5 Å². The number of benzene rings is 3. The van der Waals surface area contributed by atoms with Crippen LogP contribution in [0.5, 0.6) is 0 Å². The molecule has 1 N–H and O–H groups in total. The van der Waals surface area contributed by atoms with Crippen molar-refractivity contribution >= 4 is 62.1 Å². The number of amides is 1. The fourth-order valence-corrected chi connectivity index (χ4v) is 5.48. The molecule has 7 heteroatoms. The first-order valence-corrected chi connectivity index (χ1v) is 11.8. The first kappa shape index (κ1) is 20.7. The van der Waals surface area contributed by atoms with Crippen LogP contribution in [-0.4, -0.2) is 16.8 Å². The smallest absolute Gasteiger partial charge is 0.294 e. The van der Waals surface area contributed by atoms with Crippen molar-refractivity contribution in [1.29, 1.82) is 0 Å². The Balaban J connectivity index is 1.52. The zero-order chi connectivity index (χ0) is 23.4. The number of aliphatic hydroxyl groups excluding tert-OH is 1. The highest BCUT2D eigenvalue weighted by atomic mass is 35.5. The van der Waals surface area contributed by atoms with Gasteiger partial charge in [-0.15, -0.1) is 11.3 Å². The van der Waals surface area contributed by atoms with Gasteiger partial charge in [-0.3, -0.25) is 14.5 Å². The Morgan fingerprint density at radius 1 is 0.971 bits per heavy atom. The summed E-state index contributed by atoms with van der Waals surface area (Å²) in [7, 11) is 0. The van der Waals surface area contributed by atoms with Crippen molar-refractivity contribution < 1.29 is 19.1 Å². The highest BCUT2D eigenvalue weighted by Crippen LogP contribution is 2.45. The number of carbonyl (C=O) groups excluding carboxylic acids is 2. The van der Waals surface area contributed by atoms with Crippen molar-refractivity contribution in [3.05, 3.63) is 111 Å². The van der Waals surface area contributed by atoms with E-state index < -0.39 is 23.5 Å². The summed E-state index contributed by atoms with van der Waals surface area (Å²) in [5, 5.41) is 15.8. The van der Waals surface area contributed by atoms with Crippen molar-refractivity contribution in [2.24, 2.45) is 0 Å². The maximum atomic E-state index is 13.7. The minimum Gasteiger partial charge on any atom is -0.503 e. The molecule has 0 radical (unpaired) electrons. The second kappa shape index (κ2) is 7.87. The quantitative estimate of drug-likeness (QED) is 0.276. The SMILES string of the molecule is O=C(C1=C(O)C(=O)N(c2cccc3ccccc23)C1c1cccs1)c1cc2cc(Cl)ccc2o1. The highest BCUT2D eigenvalue weighted by Gasteiger charge is 2.46. The molecule has 166 valence electrons.